The first-order valence-corrected chi connectivity index (χ1v) is 7.33. The molecule has 0 saturated carbocycles. The van der Waals surface area contributed by atoms with Crippen molar-refractivity contribution in [1.29, 1.82) is 0 Å². The summed E-state index contributed by atoms with van der Waals surface area (Å²) in [6.07, 6.45) is 3.18. The Balaban J connectivity index is 1.94. The molecular formula is C13H16BrN3O3. The fourth-order valence-electron chi connectivity index (χ4n) is 2.26. The zero-order valence-corrected chi connectivity index (χ0v) is 12.5. The molecule has 1 aliphatic rings. The van der Waals surface area contributed by atoms with Gasteiger partial charge in [-0.2, -0.15) is 0 Å². The van der Waals surface area contributed by atoms with Crippen LogP contribution in [0.1, 0.15) is 29.6 Å². The van der Waals surface area contributed by atoms with Crippen LogP contribution in [0.3, 0.4) is 0 Å². The van der Waals surface area contributed by atoms with Crippen LogP contribution in [0, 0.1) is 10.1 Å². The quantitative estimate of drug-likeness (QED) is 0.635. The molecule has 1 fully saturated rings. The lowest BCUT2D eigenvalue weighted by Crippen LogP contribution is -2.30. The summed E-state index contributed by atoms with van der Waals surface area (Å²) >= 11 is 3.24. The van der Waals surface area contributed by atoms with Gasteiger partial charge in [0.05, 0.1) is 10.5 Å². The highest BCUT2D eigenvalue weighted by Crippen LogP contribution is 2.22. The average Bonchev–Trinajstić information content (AvgIpc) is 2.92. The Morgan fingerprint density at radius 3 is 3.00 bits per heavy atom. The summed E-state index contributed by atoms with van der Waals surface area (Å²) in [5.74, 6) is -0.293. The number of amides is 1. The third-order valence-corrected chi connectivity index (χ3v) is 4.04. The average molecular weight is 342 g/mol. The molecule has 1 heterocycles. The third-order valence-electron chi connectivity index (χ3n) is 3.35. The maximum Gasteiger partial charge on any atom is 0.270 e. The fourth-order valence-corrected chi connectivity index (χ4v) is 2.69. The van der Waals surface area contributed by atoms with Crippen molar-refractivity contribution in [3.05, 3.63) is 38.3 Å². The van der Waals surface area contributed by atoms with E-state index in [4.69, 9.17) is 0 Å². The lowest BCUT2D eigenvalue weighted by Gasteiger charge is -2.11. The maximum atomic E-state index is 12.0. The largest absolute Gasteiger partial charge is 0.352 e. The lowest BCUT2D eigenvalue weighted by atomic mass is 10.1. The molecule has 108 valence electrons. The van der Waals surface area contributed by atoms with Crippen LogP contribution in [0.15, 0.2) is 22.7 Å². The molecule has 0 aliphatic carbocycles. The van der Waals surface area contributed by atoms with E-state index >= 15 is 0 Å². The smallest absolute Gasteiger partial charge is 0.270 e. The van der Waals surface area contributed by atoms with E-state index in [1.54, 1.807) is 0 Å². The number of rotatable bonds is 5. The highest BCUT2D eigenvalue weighted by molar-refractivity contribution is 9.10. The van der Waals surface area contributed by atoms with Crippen LogP contribution in [0.25, 0.3) is 0 Å². The molecule has 1 amide bonds. The number of nitro benzene ring substituents is 1. The van der Waals surface area contributed by atoms with Gasteiger partial charge in [0.2, 0.25) is 0 Å². The Kier molecular flexibility index (Phi) is 5.08. The van der Waals surface area contributed by atoms with Crippen molar-refractivity contribution in [3.8, 4) is 0 Å². The Morgan fingerprint density at radius 2 is 2.35 bits per heavy atom. The van der Waals surface area contributed by atoms with E-state index in [2.05, 4.69) is 26.6 Å². The molecule has 1 atom stereocenters. The number of hydrogen-bond donors (Lipinski definition) is 2. The predicted octanol–water partition coefficient (Wildman–Crippen LogP) is 2.23. The van der Waals surface area contributed by atoms with Crippen LogP contribution in [-0.4, -0.2) is 30.0 Å². The summed E-state index contributed by atoms with van der Waals surface area (Å²) < 4.78 is 0.555. The van der Waals surface area contributed by atoms with E-state index in [0.29, 0.717) is 22.6 Å². The summed E-state index contributed by atoms with van der Waals surface area (Å²) in [4.78, 5) is 22.2. The molecule has 7 heteroatoms. The first-order valence-electron chi connectivity index (χ1n) is 6.53. The number of carbonyl (C=O) groups excluding carboxylic acids is 1. The number of halogens is 1. The molecule has 2 rings (SSSR count). The van der Waals surface area contributed by atoms with E-state index in [1.807, 2.05) is 0 Å². The van der Waals surface area contributed by atoms with E-state index in [-0.39, 0.29) is 11.6 Å². The summed E-state index contributed by atoms with van der Waals surface area (Å²) in [6, 6.07) is 4.63. The van der Waals surface area contributed by atoms with Gasteiger partial charge in [0.15, 0.2) is 0 Å². The predicted molar refractivity (Wildman–Crippen MR) is 78.8 cm³/mol. The first kappa shape index (κ1) is 14.9. The Labute approximate surface area is 125 Å². The Bertz CT molecular complexity index is 516. The van der Waals surface area contributed by atoms with Gasteiger partial charge >= 0.3 is 0 Å². The number of hydrogen-bond acceptors (Lipinski definition) is 4. The second-order valence-electron chi connectivity index (χ2n) is 4.76. The fraction of sp³-hybridized carbons (Fsp3) is 0.462. The summed E-state index contributed by atoms with van der Waals surface area (Å²) in [5.41, 5.74) is 0.203. The van der Waals surface area contributed by atoms with Crippen molar-refractivity contribution in [2.24, 2.45) is 0 Å². The van der Waals surface area contributed by atoms with Crippen molar-refractivity contribution in [2.45, 2.75) is 25.3 Å². The van der Waals surface area contributed by atoms with Crippen LogP contribution in [-0.2, 0) is 0 Å². The van der Waals surface area contributed by atoms with Gasteiger partial charge in [0.1, 0.15) is 0 Å². The van der Waals surface area contributed by atoms with Crippen molar-refractivity contribution >= 4 is 27.5 Å². The number of carbonyl (C=O) groups is 1. The zero-order valence-electron chi connectivity index (χ0n) is 10.9. The second-order valence-corrected chi connectivity index (χ2v) is 5.61. The second kappa shape index (κ2) is 6.81. The van der Waals surface area contributed by atoms with Crippen molar-refractivity contribution in [3.63, 3.8) is 0 Å². The monoisotopic (exact) mass is 341 g/mol. The molecule has 0 aromatic heterocycles. The van der Waals surface area contributed by atoms with Gasteiger partial charge < -0.3 is 10.6 Å². The minimum Gasteiger partial charge on any atom is -0.352 e. The van der Waals surface area contributed by atoms with Crippen molar-refractivity contribution in [2.75, 3.05) is 13.1 Å². The summed E-state index contributed by atoms with van der Waals surface area (Å²) in [5, 5.41) is 16.9. The van der Waals surface area contributed by atoms with Gasteiger partial charge in [0, 0.05) is 29.2 Å². The lowest BCUT2D eigenvalue weighted by molar-refractivity contribution is -0.384. The highest BCUT2D eigenvalue weighted by Gasteiger charge is 2.17. The van der Waals surface area contributed by atoms with Gasteiger partial charge in [-0.25, -0.2) is 0 Å². The minimum absolute atomic E-state index is 0.0872. The molecule has 0 spiro atoms. The SMILES string of the molecule is O=C(NCCC1CCCN1)c1cc([N+](=O)[O-])ccc1Br. The van der Waals surface area contributed by atoms with Crippen molar-refractivity contribution < 1.29 is 9.72 Å². The standard InChI is InChI=1S/C13H16BrN3O3/c14-12-4-3-10(17(19)20)8-11(12)13(18)16-7-5-9-2-1-6-15-9/h3-4,8-9,15H,1-2,5-7H2,(H,16,18). The van der Waals surface area contributed by atoms with Gasteiger partial charge in [-0.15, -0.1) is 0 Å². The highest BCUT2D eigenvalue weighted by atomic mass is 79.9. The van der Waals surface area contributed by atoms with Crippen LogP contribution in [0.4, 0.5) is 5.69 Å². The van der Waals surface area contributed by atoms with Crippen LogP contribution < -0.4 is 10.6 Å². The van der Waals surface area contributed by atoms with E-state index in [9.17, 15) is 14.9 Å². The molecule has 1 aromatic carbocycles. The van der Waals surface area contributed by atoms with E-state index < -0.39 is 4.92 Å². The molecule has 6 nitrogen and oxygen atoms in total. The molecule has 1 saturated heterocycles. The normalized spacial score (nSPS) is 17.9. The number of nitrogens with zero attached hydrogens (tertiary/aromatic N) is 1. The first-order chi connectivity index (χ1) is 9.58. The number of non-ortho nitro benzene ring substituents is 1. The Morgan fingerprint density at radius 1 is 1.55 bits per heavy atom. The third kappa shape index (κ3) is 3.77. The van der Waals surface area contributed by atoms with Crippen LogP contribution >= 0.6 is 15.9 Å². The van der Waals surface area contributed by atoms with Gasteiger partial charge in [-0.1, -0.05) is 0 Å². The summed E-state index contributed by atoms with van der Waals surface area (Å²) in [7, 11) is 0. The number of nitro groups is 1. The van der Waals surface area contributed by atoms with E-state index in [0.717, 1.165) is 19.4 Å². The number of nitrogens with one attached hydrogen (secondary N) is 2. The van der Waals surface area contributed by atoms with Gasteiger partial charge in [-0.05, 0) is 47.8 Å². The van der Waals surface area contributed by atoms with Crippen LogP contribution in [0.2, 0.25) is 0 Å². The van der Waals surface area contributed by atoms with E-state index in [1.165, 1.54) is 24.6 Å². The molecule has 1 aromatic rings. The molecule has 20 heavy (non-hydrogen) atoms. The molecule has 0 radical (unpaired) electrons. The summed E-state index contributed by atoms with van der Waals surface area (Å²) in [6.45, 7) is 1.60. The molecule has 1 aliphatic heterocycles. The molecular weight excluding hydrogens is 326 g/mol. The van der Waals surface area contributed by atoms with Gasteiger partial charge in [-0.3, -0.25) is 14.9 Å². The topological polar surface area (TPSA) is 84.3 Å². The number of benzene rings is 1. The maximum absolute atomic E-state index is 12.0. The zero-order chi connectivity index (χ0) is 14.5. The molecule has 2 N–H and O–H groups in total. The van der Waals surface area contributed by atoms with Crippen molar-refractivity contribution in [1.82, 2.24) is 10.6 Å². The van der Waals surface area contributed by atoms with Gasteiger partial charge in [0.25, 0.3) is 11.6 Å². The molecule has 0 bridgehead atoms. The Hall–Kier alpha value is -1.47. The molecule has 1 unspecified atom stereocenters. The minimum atomic E-state index is -0.508. The van der Waals surface area contributed by atoms with Crippen LogP contribution in [0.5, 0.6) is 0 Å².